The van der Waals surface area contributed by atoms with Crippen LogP contribution in [-0.4, -0.2) is 33.1 Å². The molecule has 0 spiro atoms. The summed E-state index contributed by atoms with van der Waals surface area (Å²) in [5.74, 6) is -0.842. The van der Waals surface area contributed by atoms with Crippen LogP contribution in [0.15, 0.2) is 67.0 Å². The maximum atomic E-state index is 12.4. The summed E-state index contributed by atoms with van der Waals surface area (Å²) >= 11 is 11.9. The van der Waals surface area contributed by atoms with Gasteiger partial charge in [-0.25, -0.2) is 4.68 Å². The van der Waals surface area contributed by atoms with Crippen molar-refractivity contribution in [1.82, 2.24) is 20.1 Å². The number of aromatic nitrogens is 3. The van der Waals surface area contributed by atoms with Gasteiger partial charge in [-0.2, -0.15) is 5.10 Å². The van der Waals surface area contributed by atoms with E-state index in [2.05, 4.69) is 20.7 Å². The average Bonchev–Trinajstić information content (AvgIpc) is 3.25. The Kier molecular flexibility index (Phi) is 5.65. The van der Waals surface area contributed by atoms with Crippen molar-refractivity contribution in [3.8, 4) is 5.69 Å². The smallest absolute Gasteiger partial charge is 0.272 e. The molecular formula is C21H15Cl2N5O2. The topological polar surface area (TPSA) is 88.9 Å². The van der Waals surface area contributed by atoms with Crippen molar-refractivity contribution in [3.05, 3.63) is 82.7 Å². The lowest BCUT2D eigenvalue weighted by Crippen LogP contribution is -2.33. The Balaban J connectivity index is 1.39. The summed E-state index contributed by atoms with van der Waals surface area (Å²) in [4.78, 5) is 28.9. The number of carbonyl (C=O) groups excluding carboxylic acids is 2. The molecule has 30 heavy (non-hydrogen) atoms. The van der Waals surface area contributed by atoms with Crippen molar-refractivity contribution >= 4 is 51.6 Å². The Morgan fingerprint density at radius 1 is 1.00 bits per heavy atom. The first-order valence-corrected chi connectivity index (χ1v) is 9.70. The molecule has 0 aliphatic carbocycles. The third-order valence-corrected chi connectivity index (χ3v) is 5.04. The van der Waals surface area contributed by atoms with E-state index >= 15 is 0 Å². The van der Waals surface area contributed by atoms with Gasteiger partial charge in [-0.3, -0.25) is 14.6 Å². The Morgan fingerprint density at radius 2 is 1.83 bits per heavy atom. The third-order valence-electron chi connectivity index (χ3n) is 4.31. The maximum Gasteiger partial charge on any atom is 0.272 e. The van der Waals surface area contributed by atoms with Gasteiger partial charge in [0, 0.05) is 17.8 Å². The van der Waals surface area contributed by atoms with Crippen molar-refractivity contribution in [2.75, 3.05) is 11.9 Å². The van der Waals surface area contributed by atoms with Crippen molar-refractivity contribution in [2.45, 2.75) is 0 Å². The first kappa shape index (κ1) is 19.9. The van der Waals surface area contributed by atoms with Crippen LogP contribution in [0.5, 0.6) is 0 Å². The second kappa shape index (κ2) is 8.52. The zero-order chi connectivity index (χ0) is 21.1. The van der Waals surface area contributed by atoms with E-state index < -0.39 is 5.91 Å². The van der Waals surface area contributed by atoms with Crippen LogP contribution in [-0.2, 0) is 4.79 Å². The van der Waals surface area contributed by atoms with Gasteiger partial charge in [0.1, 0.15) is 0 Å². The number of amides is 2. The number of benzene rings is 2. The molecule has 4 aromatic rings. The van der Waals surface area contributed by atoms with Gasteiger partial charge in [0.05, 0.1) is 33.5 Å². The summed E-state index contributed by atoms with van der Waals surface area (Å²) in [7, 11) is 0. The fourth-order valence-electron chi connectivity index (χ4n) is 2.87. The van der Waals surface area contributed by atoms with Crippen LogP contribution in [0.2, 0.25) is 10.0 Å². The van der Waals surface area contributed by atoms with Crippen LogP contribution in [0.25, 0.3) is 16.6 Å². The number of pyridine rings is 1. The predicted molar refractivity (Wildman–Crippen MR) is 116 cm³/mol. The minimum Gasteiger partial charge on any atom is -0.342 e. The van der Waals surface area contributed by atoms with Crippen LogP contribution in [0.1, 0.15) is 10.5 Å². The molecule has 0 saturated heterocycles. The molecule has 4 rings (SSSR count). The van der Waals surface area contributed by atoms with Crippen molar-refractivity contribution in [2.24, 2.45) is 0 Å². The molecule has 2 amide bonds. The third kappa shape index (κ3) is 4.27. The predicted octanol–water partition coefficient (Wildman–Crippen LogP) is 4.10. The number of rotatable bonds is 5. The molecule has 7 nitrogen and oxygen atoms in total. The lowest BCUT2D eigenvalue weighted by Gasteiger charge is -2.08. The van der Waals surface area contributed by atoms with Crippen LogP contribution < -0.4 is 10.6 Å². The molecule has 0 radical (unpaired) electrons. The lowest BCUT2D eigenvalue weighted by molar-refractivity contribution is -0.115. The second-order valence-electron chi connectivity index (χ2n) is 6.36. The normalized spacial score (nSPS) is 10.7. The molecule has 150 valence electrons. The monoisotopic (exact) mass is 439 g/mol. The van der Waals surface area contributed by atoms with Crippen LogP contribution >= 0.6 is 23.2 Å². The fraction of sp³-hybridized carbons (Fsp3) is 0.0476. The molecule has 2 N–H and O–H groups in total. The van der Waals surface area contributed by atoms with E-state index in [1.54, 1.807) is 42.7 Å². The number of anilines is 1. The standard InChI is InChI=1S/C21H15Cl2N5O2/c22-15-7-6-14(11-16(15)23)28-10-8-18(27-28)21(30)25-12-19(29)26-17-5-1-3-13-4-2-9-24-20(13)17/h1-11H,12H2,(H,25,30)(H,26,29). The van der Waals surface area contributed by atoms with Gasteiger partial charge in [0.15, 0.2) is 5.69 Å². The average molecular weight is 440 g/mol. The van der Waals surface area contributed by atoms with Gasteiger partial charge in [0.25, 0.3) is 5.91 Å². The molecule has 0 aliphatic rings. The highest BCUT2D eigenvalue weighted by molar-refractivity contribution is 6.42. The largest absolute Gasteiger partial charge is 0.342 e. The molecule has 0 bridgehead atoms. The van der Waals surface area contributed by atoms with E-state index in [0.29, 0.717) is 26.9 Å². The quantitative estimate of drug-likeness (QED) is 0.489. The minimum absolute atomic E-state index is 0.167. The number of hydrogen-bond acceptors (Lipinski definition) is 4. The van der Waals surface area contributed by atoms with Crippen molar-refractivity contribution < 1.29 is 9.59 Å². The van der Waals surface area contributed by atoms with Gasteiger partial charge < -0.3 is 10.6 Å². The van der Waals surface area contributed by atoms with Crippen LogP contribution in [0, 0.1) is 0 Å². The molecule has 9 heteroatoms. The number of para-hydroxylation sites is 1. The van der Waals surface area contributed by atoms with Gasteiger partial charge >= 0.3 is 0 Å². The highest BCUT2D eigenvalue weighted by atomic mass is 35.5. The van der Waals surface area contributed by atoms with Gasteiger partial charge in [-0.15, -0.1) is 0 Å². The van der Waals surface area contributed by atoms with E-state index in [-0.39, 0.29) is 18.1 Å². The number of nitrogens with zero attached hydrogens (tertiary/aromatic N) is 3. The van der Waals surface area contributed by atoms with E-state index in [9.17, 15) is 9.59 Å². The molecule has 2 heterocycles. The Morgan fingerprint density at radius 3 is 2.67 bits per heavy atom. The summed E-state index contributed by atoms with van der Waals surface area (Å²) in [5.41, 5.74) is 2.08. The Hall–Kier alpha value is -3.42. The van der Waals surface area contributed by atoms with E-state index in [1.165, 1.54) is 4.68 Å². The molecule has 2 aromatic carbocycles. The lowest BCUT2D eigenvalue weighted by atomic mass is 10.2. The highest BCUT2D eigenvalue weighted by Gasteiger charge is 2.13. The molecule has 0 atom stereocenters. The maximum absolute atomic E-state index is 12.4. The molecule has 0 saturated carbocycles. The number of hydrogen-bond donors (Lipinski definition) is 2. The summed E-state index contributed by atoms with van der Waals surface area (Å²) in [6, 6.07) is 15.8. The van der Waals surface area contributed by atoms with Gasteiger partial charge in [-0.05, 0) is 36.4 Å². The van der Waals surface area contributed by atoms with Crippen molar-refractivity contribution in [1.29, 1.82) is 0 Å². The zero-order valence-corrected chi connectivity index (χ0v) is 17.0. The van der Waals surface area contributed by atoms with E-state index in [4.69, 9.17) is 23.2 Å². The first-order valence-electron chi connectivity index (χ1n) is 8.94. The molecule has 0 aliphatic heterocycles. The number of fused-ring (bicyclic) bond motifs is 1. The van der Waals surface area contributed by atoms with Crippen LogP contribution in [0.3, 0.4) is 0 Å². The molecular weight excluding hydrogens is 425 g/mol. The number of nitrogens with one attached hydrogen (secondary N) is 2. The van der Waals surface area contributed by atoms with Crippen LogP contribution in [0.4, 0.5) is 5.69 Å². The highest BCUT2D eigenvalue weighted by Crippen LogP contribution is 2.24. The minimum atomic E-state index is -0.472. The number of halogens is 2. The van der Waals surface area contributed by atoms with Crippen molar-refractivity contribution in [3.63, 3.8) is 0 Å². The molecule has 0 fully saturated rings. The van der Waals surface area contributed by atoms with Gasteiger partial charge in [0.2, 0.25) is 5.91 Å². The zero-order valence-electron chi connectivity index (χ0n) is 15.5. The van der Waals surface area contributed by atoms with Gasteiger partial charge in [-0.1, -0.05) is 41.4 Å². The SMILES string of the molecule is O=C(CNC(=O)c1ccn(-c2ccc(Cl)c(Cl)c2)n1)Nc1cccc2cccnc12. The van der Waals surface area contributed by atoms with E-state index in [0.717, 1.165) is 5.39 Å². The first-order chi connectivity index (χ1) is 14.5. The fourth-order valence-corrected chi connectivity index (χ4v) is 3.16. The summed E-state index contributed by atoms with van der Waals surface area (Å²) in [6.07, 6.45) is 3.28. The Bertz CT molecular complexity index is 1250. The molecule has 0 unspecified atom stereocenters. The molecule has 2 aromatic heterocycles. The summed E-state index contributed by atoms with van der Waals surface area (Å²) < 4.78 is 1.50. The summed E-state index contributed by atoms with van der Waals surface area (Å²) in [5, 5.41) is 11.3. The number of carbonyl (C=O) groups is 2. The Labute approximate surface area is 181 Å². The second-order valence-corrected chi connectivity index (χ2v) is 7.17. The van der Waals surface area contributed by atoms with E-state index in [1.807, 2.05) is 24.3 Å². The summed E-state index contributed by atoms with van der Waals surface area (Å²) in [6.45, 7) is -0.207.